The van der Waals surface area contributed by atoms with E-state index in [9.17, 15) is 14.4 Å². The summed E-state index contributed by atoms with van der Waals surface area (Å²) in [6.07, 6.45) is 0. The van der Waals surface area contributed by atoms with Crippen molar-refractivity contribution in [3.63, 3.8) is 0 Å². The van der Waals surface area contributed by atoms with E-state index in [1.165, 1.54) is 0 Å². The Bertz CT molecular complexity index is 888. The standard InChI is InChI=1S/C20H18N2O5S/c1-2-26-19(24)11-21-18(23)12-27-17-9-5-15(6-10-17)20(25)14-3-7-16(8-4-14)22-13-28/h3-10H,2,11-12H2,1H3,(H,21,23). The first-order valence-electron chi connectivity index (χ1n) is 8.41. The number of hydrogen-bond donors (Lipinski definition) is 1. The Morgan fingerprint density at radius 1 is 1.04 bits per heavy atom. The predicted octanol–water partition coefficient (Wildman–Crippen LogP) is 2.71. The maximum atomic E-state index is 12.5. The highest BCUT2D eigenvalue weighted by atomic mass is 32.1. The van der Waals surface area contributed by atoms with E-state index in [0.29, 0.717) is 22.6 Å². The van der Waals surface area contributed by atoms with Crippen molar-refractivity contribution in [1.29, 1.82) is 0 Å². The SMILES string of the molecule is CCOC(=O)CNC(=O)COc1ccc(C(=O)c2ccc(N=C=S)cc2)cc1. The van der Waals surface area contributed by atoms with Gasteiger partial charge < -0.3 is 14.8 Å². The van der Waals surface area contributed by atoms with Gasteiger partial charge in [0.25, 0.3) is 5.91 Å². The van der Waals surface area contributed by atoms with Crippen LogP contribution in [-0.2, 0) is 14.3 Å². The molecule has 1 N–H and O–H groups in total. The van der Waals surface area contributed by atoms with Crippen LogP contribution in [0.2, 0.25) is 0 Å². The first kappa shape index (κ1) is 21.0. The quantitative estimate of drug-likeness (QED) is 0.302. The molecule has 28 heavy (non-hydrogen) atoms. The number of rotatable bonds is 9. The summed E-state index contributed by atoms with van der Waals surface area (Å²) in [5.74, 6) is -0.696. The van der Waals surface area contributed by atoms with Crippen LogP contribution in [0.25, 0.3) is 0 Å². The molecule has 0 aliphatic rings. The molecule has 1 amide bonds. The first-order chi connectivity index (χ1) is 13.5. The largest absolute Gasteiger partial charge is 0.484 e. The highest BCUT2D eigenvalue weighted by molar-refractivity contribution is 7.78. The second-order valence-corrected chi connectivity index (χ2v) is 5.66. The number of isothiocyanates is 1. The molecule has 0 heterocycles. The van der Waals surface area contributed by atoms with Crippen molar-refractivity contribution in [3.05, 3.63) is 59.7 Å². The lowest BCUT2D eigenvalue weighted by Crippen LogP contribution is -2.34. The van der Waals surface area contributed by atoms with E-state index in [2.05, 4.69) is 27.7 Å². The van der Waals surface area contributed by atoms with Gasteiger partial charge in [0.15, 0.2) is 12.4 Å². The molecule has 0 bridgehead atoms. The molecule has 0 unspecified atom stereocenters. The average molecular weight is 398 g/mol. The molecule has 2 rings (SSSR count). The fourth-order valence-corrected chi connectivity index (χ4v) is 2.30. The lowest BCUT2D eigenvalue weighted by Gasteiger charge is -2.08. The number of carbonyl (C=O) groups is 3. The molecule has 144 valence electrons. The number of ether oxygens (including phenoxy) is 2. The minimum Gasteiger partial charge on any atom is -0.484 e. The fourth-order valence-electron chi connectivity index (χ4n) is 2.19. The van der Waals surface area contributed by atoms with Gasteiger partial charge in [0.1, 0.15) is 12.3 Å². The minimum absolute atomic E-state index is 0.156. The molecule has 2 aromatic carbocycles. The summed E-state index contributed by atoms with van der Waals surface area (Å²) in [6, 6.07) is 13.1. The van der Waals surface area contributed by atoms with Gasteiger partial charge >= 0.3 is 5.97 Å². The monoisotopic (exact) mass is 398 g/mol. The molecule has 0 saturated heterocycles. The topological polar surface area (TPSA) is 94.1 Å². The summed E-state index contributed by atoms with van der Waals surface area (Å²) >= 11 is 4.54. The Kier molecular flexibility index (Phi) is 8.02. The van der Waals surface area contributed by atoms with E-state index in [0.717, 1.165) is 0 Å². The first-order valence-corrected chi connectivity index (χ1v) is 8.82. The number of amides is 1. The van der Waals surface area contributed by atoms with Gasteiger partial charge in [-0.2, -0.15) is 4.99 Å². The van der Waals surface area contributed by atoms with E-state index in [1.807, 2.05) is 0 Å². The third-order valence-corrected chi connectivity index (χ3v) is 3.62. The Labute approximate surface area is 167 Å². The number of nitrogens with zero attached hydrogens (tertiary/aromatic N) is 1. The van der Waals surface area contributed by atoms with E-state index in [1.54, 1.807) is 55.5 Å². The van der Waals surface area contributed by atoms with Crippen LogP contribution in [0.3, 0.4) is 0 Å². The second-order valence-electron chi connectivity index (χ2n) is 5.47. The van der Waals surface area contributed by atoms with Gasteiger partial charge in [0.05, 0.1) is 17.5 Å². The molecule has 8 heteroatoms. The number of benzene rings is 2. The van der Waals surface area contributed by atoms with Crippen LogP contribution in [0.5, 0.6) is 5.75 Å². The molecular weight excluding hydrogens is 380 g/mol. The number of ketones is 1. The maximum absolute atomic E-state index is 12.5. The number of hydrogen-bond acceptors (Lipinski definition) is 7. The van der Waals surface area contributed by atoms with Crippen LogP contribution in [0, 0.1) is 0 Å². The van der Waals surface area contributed by atoms with Gasteiger partial charge in [-0.1, -0.05) is 0 Å². The molecule has 0 aliphatic carbocycles. The Morgan fingerprint density at radius 3 is 2.21 bits per heavy atom. The molecule has 0 atom stereocenters. The minimum atomic E-state index is -0.513. The van der Waals surface area contributed by atoms with Gasteiger partial charge in [-0.25, -0.2) is 0 Å². The lowest BCUT2D eigenvalue weighted by atomic mass is 10.0. The zero-order valence-electron chi connectivity index (χ0n) is 15.1. The molecule has 7 nitrogen and oxygen atoms in total. The Balaban J connectivity index is 1.88. The summed E-state index contributed by atoms with van der Waals surface area (Å²) in [4.78, 5) is 39.1. The summed E-state index contributed by atoms with van der Waals surface area (Å²) in [5.41, 5.74) is 1.61. The molecule has 2 aromatic rings. The highest BCUT2D eigenvalue weighted by Gasteiger charge is 2.10. The van der Waals surface area contributed by atoms with Crippen LogP contribution in [-0.4, -0.2) is 42.6 Å². The predicted molar refractivity (Wildman–Crippen MR) is 106 cm³/mol. The van der Waals surface area contributed by atoms with Crippen molar-refractivity contribution in [1.82, 2.24) is 5.32 Å². The van der Waals surface area contributed by atoms with Crippen molar-refractivity contribution < 1.29 is 23.9 Å². The van der Waals surface area contributed by atoms with Gasteiger partial charge in [0, 0.05) is 11.1 Å². The van der Waals surface area contributed by atoms with Crippen molar-refractivity contribution in [2.24, 2.45) is 4.99 Å². The van der Waals surface area contributed by atoms with Crippen LogP contribution in [0.15, 0.2) is 53.5 Å². The number of aliphatic imine (C=N–C) groups is 1. The van der Waals surface area contributed by atoms with Crippen molar-refractivity contribution in [2.45, 2.75) is 6.92 Å². The summed E-state index contributed by atoms with van der Waals surface area (Å²) < 4.78 is 10.0. The van der Waals surface area contributed by atoms with Gasteiger partial charge in [0.2, 0.25) is 0 Å². The molecular formula is C20H18N2O5S. The zero-order chi connectivity index (χ0) is 20.4. The average Bonchev–Trinajstić information content (AvgIpc) is 2.71. The molecule has 0 radical (unpaired) electrons. The van der Waals surface area contributed by atoms with E-state index < -0.39 is 11.9 Å². The fraction of sp³-hybridized carbons (Fsp3) is 0.200. The van der Waals surface area contributed by atoms with Gasteiger partial charge in [-0.05, 0) is 67.7 Å². The van der Waals surface area contributed by atoms with E-state index in [-0.39, 0.29) is 25.5 Å². The maximum Gasteiger partial charge on any atom is 0.325 e. The number of esters is 1. The Hall–Kier alpha value is -3.35. The highest BCUT2D eigenvalue weighted by Crippen LogP contribution is 2.18. The molecule has 0 aromatic heterocycles. The third kappa shape index (κ3) is 6.42. The number of carbonyl (C=O) groups excluding carboxylic acids is 3. The van der Waals surface area contributed by atoms with E-state index >= 15 is 0 Å². The second kappa shape index (κ2) is 10.7. The Morgan fingerprint density at radius 2 is 1.64 bits per heavy atom. The zero-order valence-corrected chi connectivity index (χ0v) is 16.0. The van der Waals surface area contributed by atoms with Crippen LogP contribution in [0.4, 0.5) is 5.69 Å². The van der Waals surface area contributed by atoms with Crippen LogP contribution in [0.1, 0.15) is 22.8 Å². The van der Waals surface area contributed by atoms with Gasteiger partial charge in [-0.15, -0.1) is 0 Å². The summed E-state index contributed by atoms with van der Waals surface area (Å²) in [5, 5.41) is 4.66. The summed E-state index contributed by atoms with van der Waals surface area (Å²) in [7, 11) is 0. The molecule has 0 saturated carbocycles. The lowest BCUT2D eigenvalue weighted by molar-refractivity contribution is -0.143. The van der Waals surface area contributed by atoms with Crippen molar-refractivity contribution >= 4 is 40.7 Å². The van der Waals surface area contributed by atoms with Crippen LogP contribution >= 0.6 is 12.2 Å². The summed E-state index contributed by atoms with van der Waals surface area (Å²) in [6.45, 7) is 1.47. The van der Waals surface area contributed by atoms with Crippen LogP contribution < -0.4 is 10.1 Å². The third-order valence-electron chi connectivity index (χ3n) is 3.53. The molecule has 0 spiro atoms. The normalized spacial score (nSPS) is 9.75. The van der Waals surface area contributed by atoms with Crippen molar-refractivity contribution in [2.75, 3.05) is 19.8 Å². The number of thiocarbonyl (C=S) groups is 1. The van der Waals surface area contributed by atoms with Gasteiger partial charge in [-0.3, -0.25) is 14.4 Å². The smallest absolute Gasteiger partial charge is 0.325 e. The van der Waals surface area contributed by atoms with Crippen molar-refractivity contribution in [3.8, 4) is 5.75 Å². The number of nitrogens with one attached hydrogen (secondary N) is 1. The molecule has 0 fully saturated rings. The van der Waals surface area contributed by atoms with E-state index in [4.69, 9.17) is 9.47 Å². The molecule has 0 aliphatic heterocycles.